The molecule has 0 aliphatic rings. The summed E-state index contributed by atoms with van der Waals surface area (Å²) in [5.41, 5.74) is 4.44. The van der Waals surface area contributed by atoms with Crippen LogP contribution in [0.1, 0.15) is 16.8 Å². The summed E-state index contributed by atoms with van der Waals surface area (Å²) in [6, 6.07) is 6.27. The van der Waals surface area contributed by atoms with Crippen LogP contribution in [0.15, 0.2) is 28.9 Å². The van der Waals surface area contributed by atoms with Gasteiger partial charge in [-0.25, -0.2) is 4.98 Å². The summed E-state index contributed by atoms with van der Waals surface area (Å²) in [4.78, 5) is 4.43. The van der Waals surface area contributed by atoms with E-state index in [-0.39, 0.29) is 0 Å². The molecule has 2 rings (SSSR count). The lowest BCUT2D eigenvalue weighted by molar-refractivity contribution is 0.571. The normalized spacial score (nSPS) is 10.7. The fourth-order valence-electron chi connectivity index (χ4n) is 1.75. The molecule has 84 valence electrons. The first kappa shape index (κ1) is 10.9. The van der Waals surface area contributed by atoms with Crippen LogP contribution in [0.3, 0.4) is 0 Å². The number of aryl methyl sites for hydroxylation is 2. The average molecular weight is 216 g/mol. The largest absolute Gasteiger partial charge is 0.444 e. The first-order chi connectivity index (χ1) is 7.70. The number of rotatable bonds is 3. The molecule has 0 aliphatic carbocycles. The molecule has 2 aromatic rings. The molecular weight excluding hydrogens is 200 g/mol. The molecule has 0 saturated heterocycles. The van der Waals surface area contributed by atoms with Gasteiger partial charge in [0.25, 0.3) is 0 Å². The SMILES string of the molecule is CNCc1coc(-c2ccc(C)cc2C)n1. The summed E-state index contributed by atoms with van der Waals surface area (Å²) in [6.07, 6.45) is 1.70. The zero-order valence-electron chi connectivity index (χ0n) is 9.87. The second kappa shape index (κ2) is 4.49. The third kappa shape index (κ3) is 2.14. The van der Waals surface area contributed by atoms with Gasteiger partial charge in [-0.1, -0.05) is 17.7 Å². The Hall–Kier alpha value is -1.61. The van der Waals surface area contributed by atoms with Crippen molar-refractivity contribution in [1.82, 2.24) is 10.3 Å². The highest BCUT2D eigenvalue weighted by Crippen LogP contribution is 2.23. The number of aromatic nitrogens is 1. The van der Waals surface area contributed by atoms with Crippen molar-refractivity contribution in [2.45, 2.75) is 20.4 Å². The van der Waals surface area contributed by atoms with Crippen molar-refractivity contribution in [1.29, 1.82) is 0 Å². The number of hydrogen-bond acceptors (Lipinski definition) is 3. The van der Waals surface area contributed by atoms with E-state index in [4.69, 9.17) is 4.42 Å². The van der Waals surface area contributed by atoms with Gasteiger partial charge in [-0.3, -0.25) is 0 Å². The minimum Gasteiger partial charge on any atom is -0.444 e. The first-order valence-corrected chi connectivity index (χ1v) is 5.37. The molecule has 1 N–H and O–H groups in total. The highest BCUT2D eigenvalue weighted by atomic mass is 16.3. The van der Waals surface area contributed by atoms with Gasteiger partial charge in [0, 0.05) is 12.1 Å². The minimum absolute atomic E-state index is 0.697. The molecule has 1 aromatic carbocycles. The Kier molecular flexibility index (Phi) is 3.06. The van der Waals surface area contributed by atoms with Crippen LogP contribution < -0.4 is 5.32 Å². The molecule has 0 fully saturated rings. The van der Waals surface area contributed by atoms with Crippen molar-refractivity contribution in [3.05, 3.63) is 41.3 Å². The molecule has 1 aromatic heterocycles. The average Bonchev–Trinajstić information content (AvgIpc) is 2.67. The Labute approximate surface area is 95.5 Å². The molecule has 0 aliphatic heterocycles. The standard InChI is InChI=1S/C13H16N2O/c1-9-4-5-12(10(2)6-9)13-15-11(7-14-3)8-16-13/h4-6,8,14H,7H2,1-3H3. The molecule has 3 nitrogen and oxygen atoms in total. The summed E-state index contributed by atoms with van der Waals surface area (Å²) in [6.45, 7) is 4.89. The van der Waals surface area contributed by atoms with Crippen LogP contribution in [0.2, 0.25) is 0 Å². The van der Waals surface area contributed by atoms with Gasteiger partial charge >= 0.3 is 0 Å². The Morgan fingerprint density at radius 1 is 1.31 bits per heavy atom. The Balaban J connectivity index is 2.35. The van der Waals surface area contributed by atoms with E-state index in [0.29, 0.717) is 5.89 Å². The van der Waals surface area contributed by atoms with Gasteiger partial charge in [-0.15, -0.1) is 0 Å². The number of nitrogens with one attached hydrogen (secondary N) is 1. The summed E-state index contributed by atoms with van der Waals surface area (Å²) < 4.78 is 5.47. The Morgan fingerprint density at radius 2 is 2.12 bits per heavy atom. The topological polar surface area (TPSA) is 38.1 Å². The third-order valence-electron chi connectivity index (χ3n) is 2.52. The number of nitrogens with zero attached hydrogens (tertiary/aromatic N) is 1. The number of benzene rings is 1. The fraction of sp³-hybridized carbons (Fsp3) is 0.308. The molecular formula is C13H16N2O. The highest BCUT2D eigenvalue weighted by molar-refractivity contribution is 5.59. The summed E-state index contributed by atoms with van der Waals surface area (Å²) in [5.74, 6) is 0.697. The van der Waals surface area contributed by atoms with E-state index in [9.17, 15) is 0 Å². The van der Waals surface area contributed by atoms with Crippen molar-refractivity contribution in [2.24, 2.45) is 0 Å². The predicted octanol–water partition coefficient (Wildman–Crippen LogP) is 2.68. The molecule has 1 heterocycles. The zero-order chi connectivity index (χ0) is 11.5. The van der Waals surface area contributed by atoms with Gasteiger partial charge in [0.15, 0.2) is 0 Å². The van der Waals surface area contributed by atoms with Crippen molar-refractivity contribution in [2.75, 3.05) is 7.05 Å². The van der Waals surface area contributed by atoms with Gasteiger partial charge in [0.1, 0.15) is 6.26 Å². The van der Waals surface area contributed by atoms with Crippen molar-refractivity contribution < 1.29 is 4.42 Å². The lowest BCUT2D eigenvalue weighted by Crippen LogP contribution is -2.04. The van der Waals surface area contributed by atoms with E-state index >= 15 is 0 Å². The van der Waals surface area contributed by atoms with Crippen LogP contribution in [-0.4, -0.2) is 12.0 Å². The molecule has 0 radical (unpaired) electrons. The van der Waals surface area contributed by atoms with Gasteiger partial charge in [-0.05, 0) is 32.5 Å². The van der Waals surface area contributed by atoms with E-state index in [1.807, 2.05) is 7.05 Å². The zero-order valence-corrected chi connectivity index (χ0v) is 9.87. The van der Waals surface area contributed by atoms with Crippen molar-refractivity contribution >= 4 is 0 Å². The summed E-state index contributed by atoms with van der Waals surface area (Å²) >= 11 is 0. The van der Waals surface area contributed by atoms with E-state index in [1.54, 1.807) is 6.26 Å². The van der Waals surface area contributed by atoms with Crippen LogP contribution in [-0.2, 0) is 6.54 Å². The highest BCUT2D eigenvalue weighted by Gasteiger charge is 2.08. The van der Waals surface area contributed by atoms with Gasteiger partial charge in [-0.2, -0.15) is 0 Å². The van der Waals surface area contributed by atoms with Gasteiger partial charge in [0.05, 0.1) is 5.69 Å². The predicted molar refractivity (Wildman–Crippen MR) is 64.2 cm³/mol. The monoisotopic (exact) mass is 216 g/mol. The molecule has 16 heavy (non-hydrogen) atoms. The Morgan fingerprint density at radius 3 is 2.81 bits per heavy atom. The van der Waals surface area contributed by atoms with E-state index in [0.717, 1.165) is 17.8 Å². The molecule has 0 amide bonds. The fourth-order valence-corrected chi connectivity index (χ4v) is 1.75. The minimum atomic E-state index is 0.697. The van der Waals surface area contributed by atoms with Crippen molar-refractivity contribution in [3.8, 4) is 11.5 Å². The third-order valence-corrected chi connectivity index (χ3v) is 2.52. The Bertz CT molecular complexity index is 488. The molecule has 0 atom stereocenters. The molecule has 3 heteroatoms. The second-order valence-corrected chi connectivity index (χ2v) is 3.99. The quantitative estimate of drug-likeness (QED) is 0.857. The molecule has 0 unspecified atom stereocenters. The maximum absolute atomic E-state index is 5.47. The van der Waals surface area contributed by atoms with E-state index in [2.05, 4.69) is 42.3 Å². The summed E-state index contributed by atoms with van der Waals surface area (Å²) in [5, 5.41) is 3.05. The first-order valence-electron chi connectivity index (χ1n) is 5.37. The number of oxazole rings is 1. The maximum atomic E-state index is 5.47. The summed E-state index contributed by atoms with van der Waals surface area (Å²) in [7, 11) is 1.89. The van der Waals surface area contributed by atoms with Crippen LogP contribution in [0.25, 0.3) is 11.5 Å². The number of hydrogen-bond donors (Lipinski definition) is 1. The van der Waals surface area contributed by atoms with Crippen LogP contribution >= 0.6 is 0 Å². The van der Waals surface area contributed by atoms with E-state index in [1.165, 1.54) is 11.1 Å². The smallest absolute Gasteiger partial charge is 0.226 e. The van der Waals surface area contributed by atoms with Gasteiger partial charge < -0.3 is 9.73 Å². The maximum Gasteiger partial charge on any atom is 0.226 e. The second-order valence-electron chi connectivity index (χ2n) is 3.99. The van der Waals surface area contributed by atoms with Crippen molar-refractivity contribution in [3.63, 3.8) is 0 Å². The molecule has 0 spiro atoms. The molecule has 0 bridgehead atoms. The van der Waals surface area contributed by atoms with Crippen LogP contribution in [0.4, 0.5) is 0 Å². The lowest BCUT2D eigenvalue weighted by atomic mass is 10.1. The molecule has 0 saturated carbocycles. The van der Waals surface area contributed by atoms with Crippen LogP contribution in [0, 0.1) is 13.8 Å². The van der Waals surface area contributed by atoms with Crippen LogP contribution in [0.5, 0.6) is 0 Å². The lowest BCUT2D eigenvalue weighted by Gasteiger charge is -2.02. The van der Waals surface area contributed by atoms with Gasteiger partial charge in [0.2, 0.25) is 5.89 Å². The van der Waals surface area contributed by atoms with E-state index < -0.39 is 0 Å².